The van der Waals surface area contributed by atoms with E-state index in [0.29, 0.717) is 18.9 Å². The fourth-order valence-corrected chi connectivity index (χ4v) is 5.16. The molecule has 2 fully saturated rings. The second-order valence-electron chi connectivity index (χ2n) is 8.71. The lowest BCUT2D eigenvalue weighted by molar-refractivity contribution is -0.134. The van der Waals surface area contributed by atoms with Gasteiger partial charge in [-0.1, -0.05) is 18.2 Å². The third-order valence-corrected chi connectivity index (χ3v) is 7.57. The Morgan fingerprint density at radius 2 is 1.76 bits per heavy atom. The smallest absolute Gasteiger partial charge is 0.283 e. The summed E-state index contributed by atoms with van der Waals surface area (Å²) >= 11 is 0. The Bertz CT molecular complexity index is 1200. The van der Waals surface area contributed by atoms with Gasteiger partial charge in [-0.15, -0.1) is 0 Å². The number of sulfonamides is 1. The zero-order valence-corrected chi connectivity index (χ0v) is 19.0. The number of amides is 1. The van der Waals surface area contributed by atoms with Crippen molar-refractivity contribution < 1.29 is 35.2 Å². The number of nitrogens with one attached hydrogen (secondary N) is 1. The lowest BCUT2D eigenvalue weighted by Crippen LogP contribution is -2.52. The molecule has 1 N–H and O–H groups in total. The van der Waals surface area contributed by atoms with E-state index in [-0.39, 0.29) is 16.7 Å². The van der Waals surface area contributed by atoms with Crippen molar-refractivity contribution in [1.82, 2.24) is 9.62 Å². The van der Waals surface area contributed by atoms with Crippen LogP contribution < -0.4 is 4.72 Å². The normalized spacial score (nSPS) is 22.2. The molecule has 2 aromatic rings. The molecule has 0 aromatic heterocycles. The van der Waals surface area contributed by atoms with Crippen molar-refractivity contribution in [3.63, 3.8) is 0 Å². The molecule has 2 aliphatic rings. The van der Waals surface area contributed by atoms with Crippen molar-refractivity contribution in [2.24, 2.45) is 5.92 Å². The Balaban J connectivity index is 1.73. The van der Waals surface area contributed by atoms with Crippen LogP contribution in [0.2, 0.25) is 0 Å². The average Bonchev–Trinajstić information content (AvgIpc) is 3.57. The van der Waals surface area contributed by atoms with Crippen molar-refractivity contribution in [3.8, 4) is 11.1 Å². The van der Waals surface area contributed by atoms with E-state index in [0.717, 1.165) is 17.0 Å². The second kappa shape index (κ2) is 8.92. The molecule has 1 amide bonds. The Kier molecular flexibility index (Phi) is 6.45. The van der Waals surface area contributed by atoms with Crippen LogP contribution in [0.1, 0.15) is 25.3 Å². The van der Waals surface area contributed by atoms with Crippen LogP contribution in [0.25, 0.3) is 11.1 Å². The molecule has 2 atom stereocenters. The van der Waals surface area contributed by atoms with Crippen molar-refractivity contribution in [1.29, 1.82) is 0 Å². The van der Waals surface area contributed by atoms with E-state index in [9.17, 15) is 30.8 Å². The second-order valence-corrected chi connectivity index (χ2v) is 10.8. The molecule has 184 valence electrons. The molecular formula is C23H23F5N2O3S. The Morgan fingerprint density at radius 1 is 1.12 bits per heavy atom. The molecule has 0 spiro atoms. The summed E-state index contributed by atoms with van der Waals surface area (Å²) < 4.78 is 99.0. The zero-order chi connectivity index (χ0) is 24.8. The van der Waals surface area contributed by atoms with Gasteiger partial charge in [-0.2, -0.15) is 0 Å². The molecular weight excluding hydrogens is 479 g/mol. The van der Waals surface area contributed by atoms with Gasteiger partial charge in [0.25, 0.3) is 5.92 Å². The van der Waals surface area contributed by atoms with E-state index in [1.807, 2.05) is 4.72 Å². The number of benzene rings is 2. The number of carbonyl (C=O) groups is 1. The molecule has 0 unspecified atom stereocenters. The number of nitrogens with zero attached hydrogens (tertiary/aromatic N) is 1. The molecule has 11 heteroatoms. The van der Waals surface area contributed by atoms with E-state index < -0.39 is 76.0 Å². The molecule has 4 rings (SSSR count). The molecule has 1 saturated carbocycles. The zero-order valence-electron chi connectivity index (χ0n) is 18.2. The van der Waals surface area contributed by atoms with Crippen LogP contribution in [0.15, 0.2) is 36.4 Å². The number of hydrogen-bond donors (Lipinski definition) is 1. The lowest BCUT2D eigenvalue weighted by Gasteiger charge is -2.29. The highest BCUT2D eigenvalue weighted by molar-refractivity contribution is 7.89. The Labute approximate surface area is 194 Å². The minimum Gasteiger partial charge on any atom is -0.331 e. The van der Waals surface area contributed by atoms with E-state index in [2.05, 4.69) is 0 Å². The summed E-state index contributed by atoms with van der Waals surface area (Å²) in [5.41, 5.74) is -0.312. The summed E-state index contributed by atoms with van der Waals surface area (Å²) in [6, 6.07) is 3.23. The van der Waals surface area contributed by atoms with Crippen LogP contribution in [-0.2, 0) is 21.2 Å². The fourth-order valence-electron chi connectivity index (χ4n) is 4.27. The minimum atomic E-state index is -4.07. The number of alkyl halides is 2. The predicted octanol–water partition coefficient (Wildman–Crippen LogP) is 3.88. The van der Waals surface area contributed by atoms with Crippen molar-refractivity contribution >= 4 is 15.9 Å². The molecule has 0 bridgehead atoms. The van der Waals surface area contributed by atoms with Gasteiger partial charge in [0.1, 0.15) is 23.5 Å². The van der Waals surface area contributed by atoms with Gasteiger partial charge < -0.3 is 4.90 Å². The van der Waals surface area contributed by atoms with Gasteiger partial charge in [0.05, 0.1) is 18.3 Å². The molecule has 2 aromatic carbocycles. The van der Waals surface area contributed by atoms with Crippen molar-refractivity contribution in [2.75, 3.05) is 12.3 Å². The number of likely N-dealkylation sites (tertiary alicyclic amines) is 1. The standard InChI is InChI=1S/C23H23F5N2O3S/c1-2-34(32,33)29-21-19(30(12-23(21,27)28)22(31)13-6-7-13)10-14-4-3-5-18(20(14)26)15-8-16(24)11-17(25)9-15/h3-5,8-9,11,13,19,21,29H,2,6-7,10,12H2,1H3/t19-,21+/m0/s1. The SMILES string of the molecule is CCS(=O)(=O)N[C@@H]1[C@H](Cc2cccc(-c3cc(F)cc(F)c3)c2F)N(C(=O)C2CC2)CC1(F)F. The maximum atomic E-state index is 15.4. The highest BCUT2D eigenvalue weighted by atomic mass is 32.2. The van der Waals surface area contributed by atoms with Crippen molar-refractivity contribution in [2.45, 2.75) is 44.2 Å². The highest BCUT2D eigenvalue weighted by Crippen LogP contribution is 2.40. The van der Waals surface area contributed by atoms with E-state index >= 15 is 4.39 Å². The monoisotopic (exact) mass is 502 g/mol. The average molecular weight is 503 g/mol. The third-order valence-electron chi connectivity index (χ3n) is 6.20. The van der Waals surface area contributed by atoms with E-state index in [1.54, 1.807) is 0 Å². The van der Waals surface area contributed by atoms with Gasteiger partial charge in [-0.05, 0) is 49.4 Å². The molecule has 1 aliphatic carbocycles. The van der Waals surface area contributed by atoms with E-state index in [1.165, 1.54) is 25.1 Å². The third kappa shape index (κ3) is 4.95. The molecule has 1 saturated heterocycles. The molecule has 34 heavy (non-hydrogen) atoms. The van der Waals surface area contributed by atoms with Gasteiger partial charge in [-0.25, -0.2) is 35.1 Å². The summed E-state index contributed by atoms with van der Waals surface area (Å²) in [5.74, 6) is -7.66. The van der Waals surface area contributed by atoms with Gasteiger partial charge in [-0.3, -0.25) is 4.79 Å². The summed E-state index contributed by atoms with van der Waals surface area (Å²) in [5, 5.41) is 0. The molecule has 1 heterocycles. The van der Waals surface area contributed by atoms with Crippen LogP contribution in [-0.4, -0.2) is 49.5 Å². The van der Waals surface area contributed by atoms with E-state index in [4.69, 9.17) is 0 Å². The number of rotatable bonds is 7. The number of hydrogen-bond acceptors (Lipinski definition) is 3. The predicted molar refractivity (Wildman–Crippen MR) is 115 cm³/mol. The topological polar surface area (TPSA) is 66.5 Å². The van der Waals surface area contributed by atoms with Crippen LogP contribution in [0.5, 0.6) is 0 Å². The van der Waals surface area contributed by atoms with Crippen LogP contribution in [0.4, 0.5) is 22.0 Å². The lowest BCUT2D eigenvalue weighted by atomic mass is 9.95. The first-order valence-electron chi connectivity index (χ1n) is 10.8. The van der Waals surface area contributed by atoms with Gasteiger partial charge in [0.15, 0.2) is 0 Å². The van der Waals surface area contributed by atoms with Crippen LogP contribution >= 0.6 is 0 Å². The summed E-state index contributed by atoms with van der Waals surface area (Å²) in [6.45, 7) is 0.305. The first-order chi connectivity index (χ1) is 15.9. The summed E-state index contributed by atoms with van der Waals surface area (Å²) in [4.78, 5) is 13.7. The number of halogens is 5. The molecule has 1 aliphatic heterocycles. The largest absolute Gasteiger partial charge is 0.331 e. The Morgan fingerprint density at radius 3 is 2.35 bits per heavy atom. The Hall–Kier alpha value is -2.53. The fraction of sp³-hybridized carbons (Fsp3) is 0.435. The van der Waals surface area contributed by atoms with Gasteiger partial charge >= 0.3 is 0 Å². The minimum absolute atomic E-state index is 0.0808. The molecule has 0 radical (unpaired) electrons. The maximum Gasteiger partial charge on any atom is 0.283 e. The van der Waals surface area contributed by atoms with Crippen molar-refractivity contribution in [3.05, 3.63) is 59.4 Å². The summed E-state index contributed by atoms with van der Waals surface area (Å²) in [7, 11) is -4.07. The first kappa shape index (κ1) is 24.6. The van der Waals surface area contributed by atoms with Crippen LogP contribution in [0, 0.1) is 23.4 Å². The van der Waals surface area contributed by atoms with Crippen LogP contribution in [0.3, 0.4) is 0 Å². The van der Waals surface area contributed by atoms with Gasteiger partial charge in [0.2, 0.25) is 15.9 Å². The highest BCUT2D eigenvalue weighted by Gasteiger charge is 2.58. The first-order valence-corrected chi connectivity index (χ1v) is 12.5. The van der Waals surface area contributed by atoms with Gasteiger partial charge in [0, 0.05) is 17.5 Å². The quantitative estimate of drug-likeness (QED) is 0.585. The maximum absolute atomic E-state index is 15.4. The number of carbonyl (C=O) groups excluding carboxylic acids is 1. The molecule has 5 nitrogen and oxygen atoms in total. The summed E-state index contributed by atoms with van der Waals surface area (Å²) in [6.07, 6.45) is 0.685.